The van der Waals surface area contributed by atoms with Gasteiger partial charge in [-0.3, -0.25) is 0 Å². The molecule has 0 aromatic heterocycles. The van der Waals surface area contributed by atoms with Gasteiger partial charge in [0.1, 0.15) is 0 Å². The molecule has 5 rings (SSSR count). The molecule has 0 aromatic carbocycles. The third-order valence-electron chi connectivity index (χ3n) is 11.2. The van der Waals surface area contributed by atoms with Gasteiger partial charge in [0.05, 0.1) is 0 Å². The van der Waals surface area contributed by atoms with Gasteiger partial charge >= 0.3 is 0 Å². The van der Waals surface area contributed by atoms with E-state index in [1.165, 1.54) is 116 Å². The molecule has 240 valence electrons. The molecule has 0 amide bonds. The van der Waals surface area contributed by atoms with E-state index in [4.69, 9.17) is 0 Å². The zero-order valence-corrected chi connectivity index (χ0v) is 29.4. The minimum absolute atomic E-state index is 1.02. The summed E-state index contributed by atoms with van der Waals surface area (Å²) in [6.07, 6.45) is 39.7. The molecule has 0 radical (unpaired) electrons. The lowest BCUT2D eigenvalue weighted by Crippen LogP contribution is -2.25. The second-order valence-corrected chi connectivity index (χ2v) is 14.7. The zero-order valence-electron chi connectivity index (χ0n) is 29.4. The van der Waals surface area contributed by atoms with Crippen molar-refractivity contribution in [3.8, 4) is 0 Å². The third kappa shape index (κ3) is 17.8. The first-order chi connectivity index (χ1) is 19.6. The van der Waals surface area contributed by atoms with Crippen LogP contribution in [0.1, 0.15) is 215 Å². The molecule has 0 heterocycles. The van der Waals surface area contributed by atoms with Gasteiger partial charge in [0.15, 0.2) is 0 Å². The predicted octanol–water partition coefficient (Wildman–Crippen LogP) is 14.6. The summed E-state index contributed by atoms with van der Waals surface area (Å²) in [6, 6.07) is 0. The molecule has 5 aliphatic carbocycles. The summed E-state index contributed by atoms with van der Waals surface area (Å²) < 4.78 is 0. The average Bonchev–Trinajstić information content (AvgIpc) is 3.02. The summed E-state index contributed by atoms with van der Waals surface area (Å²) in [5.74, 6) is 7.48. The van der Waals surface area contributed by atoms with Gasteiger partial charge in [0, 0.05) is 0 Å². The Morgan fingerprint density at radius 3 is 1.00 bits per heavy atom. The Kier molecular flexibility index (Phi) is 24.2. The van der Waals surface area contributed by atoms with Crippen molar-refractivity contribution < 1.29 is 0 Å². The first-order valence-electron chi connectivity index (χ1n) is 19.6. The lowest BCUT2D eigenvalue weighted by atomic mass is 9.68. The highest BCUT2D eigenvalue weighted by Gasteiger charge is 2.30. The molecule has 0 bridgehead atoms. The summed E-state index contributed by atoms with van der Waals surface area (Å²) in [5.41, 5.74) is 0. The van der Waals surface area contributed by atoms with Gasteiger partial charge < -0.3 is 0 Å². The molecule has 0 N–H and O–H groups in total. The maximum absolute atomic E-state index is 2.47. The first-order valence-corrected chi connectivity index (χ1v) is 19.6. The van der Waals surface area contributed by atoms with Crippen LogP contribution in [0.25, 0.3) is 0 Å². The number of hydrogen-bond donors (Lipinski definition) is 0. The number of hydrogen-bond acceptors (Lipinski definition) is 0. The smallest absolute Gasteiger partial charge is 0.0381 e. The fourth-order valence-corrected chi connectivity index (χ4v) is 8.54. The van der Waals surface area contributed by atoms with Crippen LogP contribution in [-0.2, 0) is 0 Å². The fourth-order valence-electron chi connectivity index (χ4n) is 8.54. The van der Waals surface area contributed by atoms with Crippen molar-refractivity contribution in [1.82, 2.24) is 0 Å². The summed E-state index contributed by atoms with van der Waals surface area (Å²) in [6.45, 7) is 15.2. The molecule has 0 nitrogen and oxygen atoms in total. The van der Waals surface area contributed by atoms with E-state index in [1.807, 2.05) is 27.7 Å². The Morgan fingerprint density at radius 2 is 0.650 bits per heavy atom. The van der Waals surface area contributed by atoms with Crippen LogP contribution in [0.4, 0.5) is 0 Å². The van der Waals surface area contributed by atoms with Crippen molar-refractivity contribution in [1.29, 1.82) is 0 Å². The highest BCUT2D eigenvalue weighted by atomic mass is 14.4. The van der Waals surface area contributed by atoms with E-state index in [0.717, 1.165) is 41.4 Å². The molecule has 1 atom stereocenters. The Labute approximate surface area is 256 Å². The normalized spacial score (nSPS) is 27.7. The van der Waals surface area contributed by atoms with Gasteiger partial charge in [0.2, 0.25) is 0 Å². The van der Waals surface area contributed by atoms with E-state index in [9.17, 15) is 0 Å². The Hall–Kier alpha value is 0. The summed E-state index contributed by atoms with van der Waals surface area (Å²) >= 11 is 0. The third-order valence-corrected chi connectivity index (χ3v) is 11.2. The van der Waals surface area contributed by atoms with Crippen LogP contribution in [0.3, 0.4) is 0 Å². The molecule has 1 unspecified atom stereocenters. The van der Waals surface area contributed by atoms with E-state index < -0.39 is 0 Å². The largest absolute Gasteiger partial charge is 0.0683 e. The van der Waals surface area contributed by atoms with Crippen molar-refractivity contribution in [3.63, 3.8) is 0 Å². The first kappa shape index (κ1) is 38.0. The van der Waals surface area contributed by atoms with Crippen LogP contribution < -0.4 is 0 Å². The Bertz CT molecular complexity index is 474. The molecule has 5 aliphatic rings. The maximum Gasteiger partial charge on any atom is -0.0381 e. The van der Waals surface area contributed by atoms with E-state index in [2.05, 4.69) is 20.8 Å². The number of rotatable bonds is 5. The van der Waals surface area contributed by atoms with Crippen LogP contribution in [0, 0.1) is 41.4 Å². The standard InChI is InChI=1S/C22H40.2C7H14.2C2H6/c1-18-12-14-20(15-13-18)17-22(21-10-6-3-7-11-21)16-19-8-4-2-5-9-19;2*1-7-5-3-2-4-6-7;2*1-2/h18-22H,2-17H2,1H3;2*7H,2-6H2,1H3;2*1-2H3. The second-order valence-electron chi connectivity index (χ2n) is 14.7. The Balaban J connectivity index is 0.000000362. The van der Waals surface area contributed by atoms with Crippen molar-refractivity contribution in [3.05, 3.63) is 0 Å². The van der Waals surface area contributed by atoms with Gasteiger partial charge in [-0.1, -0.05) is 203 Å². The average molecular weight is 561 g/mol. The summed E-state index contributed by atoms with van der Waals surface area (Å²) in [5, 5.41) is 0. The second kappa shape index (κ2) is 25.5. The van der Waals surface area contributed by atoms with Crippen LogP contribution in [0.15, 0.2) is 0 Å². The summed E-state index contributed by atoms with van der Waals surface area (Å²) in [7, 11) is 0. The van der Waals surface area contributed by atoms with E-state index in [-0.39, 0.29) is 0 Å². The maximum atomic E-state index is 2.47. The topological polar surface area (TPSA) is 0 Å². The van der Waals surface area contributed by atoms with E-state index in [0.29, 0.717) is 0 Å². The quantitative estimate of drug-likeness (QED) is 0.313. The van der Waals surface area contributed by atoms with Crippen molar-refractivity contribution in [2.75, 3.05) is 0 Å². The monoisotopic (exact) mass is 561 g/mol. The summed E-state index contributed by atoms with van der Waals surface area (Å²) in [4.78, 5) is 0. The van der Waals surface area contributed by atoms with Crippen LogP contribution in [-0.4, -0.2) is 0 Å². The molecule has 40 heavy (non-hydrogen) atoms. The van der Waals surface area contributed by atoms with Gasteiger partial charge in [-0.25, -0.2) is 0 Å². The molecule has 0 heteroatoms. The van der Waals surface area contributed by atoms with Gasteiger partial charge in [-0.2, -0.15) is 0 Å². The van der Waals surface area contributed by atoms with Crippen LogP contribution >= 0.6 is 0 Å². The van der Waals surface area contributed by atoms with Crippen LogP contribution in [0.2, 0.25) is 0 Å². The lowest BCUT2D eigenvalue weighted by Gasteiger charge is -2.37. The van der Waals surface area contributed by atoms with Crippen molar-refractivity contribution in [2.24, 2.45) is 41.4 Å². The fraction of sp³-hybridized carbons (Fsp3) is 1.00. The van der Waals surface area contributed by atoms with Gasteiger partial charge in [-0.05, 0) is 54.3 Å². The minimum Gasteiger partial charge on any atom is -0.0683 e. The van der Waals surface area contributed by atoms with E-state index in [1.54, 1.807) is 51.4 Å². The van der Waals surface area contributed by atoms with E-state index >= 15 is 0 Å². The highest BCUT2D eigenvalue weighted by molar-refractivity contribution is 4.82. The van der Waals surface area contributed by atoms with Crippen molar-refractivity contribution >= 4 is 0 Å². The molecular weight excluding hydrogens is 480 g/mol. The van der Waals surface area contributed by atoms with Crippen molar-refractivity contribution in [2.45, 2.75) is 215 Å². The van der Waals surface area contributed by atoms with Crippen LogP contribution in [0.5, 0.6) is 0 Å². The zero-order chi connectivity index (χ0) is 29.4. The molecule has 5 saturated carbocycles. The highest BCUT2D eigenvalue weighted by Crippen LogP contribution is 2.42. The predicted molar refractivity (Wildman–Crippen MR) is 184 cm³/mol. The minimum atomic E-state index is 1.02. The van der Waals surface area contributed by atoms with Gasteiger partial charge in [0.25, 0.3) is 0 Å². The Morgan fingerprint density at radius 1 is 0.350 bits per heavy atom. The molecule has 0 aliphatic heterocycles. The lowest BCUT2D eigenvalue weighted by molar-refractivity contribution is 0.142. The molecule has 0 aromatic rings. The molecule has 0 spiro atoms. The molecule has 0 saturated heterocycles. The SMILES string of the molecule is CC.CC.CC1CCC(CC(CC2CCCCC2)C2CCCCC2)CC1.CC1CCCCC1.CC1CCCCC1. The van der Waals surface area contributed by atoms with Gasteiger partial charge in [-0.15, -0.1) is 0 Å². The molecular formula is C40H80. The molecule has 5 fully saturated rings.